The first-order valence-electron chi connectivity index (χ1n) is 8.55. The van der Waals surface area contributed by atoms with Crippen LogP contribution in [-0.4, -0.2) is 41.1 Å². The van der Waals surface area contributed by atoms with Crippen LogP contribution < -0.4 is 5.32 Å². The van der Waals surface area contributed by atoms with Gasteiger partial charge in [0, 0.05) is 43.3 Å². The molecule has 2 unspecified atom stereocenters. The molecule has 0 saturated carbocycles. The highest BCUT2D eigenvalue weighted by molar-refractivity contribution is 5.96. The number of hydrogen-bond donors (Lipinski definition) is 1. The van der Waals surface area contributed by atoms with Crippen molar-refractivity contribution in [1.82, 2.24) is 14.8 Å². The SMILES string of the molecule is CCN(CC)C(=O)C1C=C2c3cccc4ccn(c34)CC2NC1. The van der Waals surface area contributed by atoms with Gasteiger partial charge < -0.3 is 14.8 Å². The lowest BCUT2D eigenvalue weighted by atomic mass is 9.86. The largest absolute Gasteiger partial charge is 0.345 e. The van der Waals surface area contributed by atoms with E-state index in [1.807, 2.05) is 18.7 Å². The van der Waals surface area contributed by atoms with Crippen molar-refractivity contribution >= 4 is 22.4 Å². The zero-order valence-corrected chi connectivity index (χ0v) is 13.7. The Morgan fingerprint density at radius 3 is 2.91 bits per heavy atom. The van der Waals surface area contributed by atoms with Gasteiger partial charge in [-0.1, -0.05) is 24.3 Å². The van der Waals surface area contributed by atoms with Crippen molar-refractivity contribution < 1.29 is 4.79 Å². The number of fused-ring (bicyclic) bond motifs is 2. The smallest absolute Gasteiger partial charge is 0.230 e. The number of carbonyl (C=O) groups is 1. The summed E-state index contributed by atoms with van der Waals surface area (Å²) in [5, 5.41) is 4.87. The number of nitrogens with zero attached hydrogens (tertiary/aromatic N) is 2. The highest BCUT2D eigenvalue weighted by Crippen LogP contribution is 2.35. The quantitative estimate of drug-likeness (QED) is 0.946. The molecular formula is C19H23N3O. The molecule has 4 rings (SSSR count). The molecule has 0 radical (unpaired) electrons. The van der Waals surface area contributed by atoms with E-state index in [-0.39, 0.29) is 11.8 Å². The van der Waals surface area contributed by atoms with Crippen LogP contribution >= 0.6 is 0 Å². The minimum absolute atomic E-state index is 0.0575. The summed E-state index contributed by atoms with van der Waals surface area (Å²) in [6.07, 6.45) is 4.38. The van der Waals surface area contributed by atoms with E-state index < -0.39 is 0 Å². The second-order valence-corrected chi connectivity index (χ2v) is 6.41. The maximum Gasteiger partial charge on any atom is 0.230 e. The van der Waals surface area contributed by atoms with Crippen molar-refractivity contribution in [2.45, 2.75) is 26.4 Å². The number of para-hydroxylation sites is 1. The summed E-state index contributed by atoms with van der Waals surface area (Å²) < 4.78 is 2.33. The molecule has 2 atom stereocenters. The third kappa shape index (κ3) is 2.20. The highest BCUT2D eigenvalue weighted by atomic mass is 16.2. The summed E-state index contributed by atoms with van der Waals surface area (Å²) in [7, 11) is 0. The van der Waals surface area contributed by atoms with Gasteiger partial charge in [0.25, 0.3) is 0 Å². The molecule has 4 nitrogen and oxygen atoms in total. The zero-order valence-electron chi connectivity index (χ0n) is 13.7. The predicted octanol–water partition coefficient (Wildman–Crippen LogP) is 2.49. The van der Waals surface area contributed by atoms with Crippen LogP contribution in [0, 0.1) is 5.92 Å². The average Bonchev–Trinajstić information content (AvgIpc) is 3.00. The topological polar surface area (TPSA) is 37.3 Å². The van der Waals surface area contributed by atoms with Crippen LogP contribution in [-0.2, 0) is 11.3 Å². The molecule has 2 aliphatic heterocycles. The standard InChI is InChI=1S/C19H23N3O/c1-3-21(4-2)19(23)14-10-16-15-7-5-6-13-8-9-22(18(13)15)12-17(16)20-11-14/h5-10,14,17,20H,3-4,11-12H2,1-2H3. The summed E-state index contributed by atoms with van der Waals surface area (Å²) in [5.74, 6) is 0.180. The van der Waals surface area contributed by atoms with E-state index in [0.717, 1.165) is 26.2 Å². The molecule has 0 saturated heterocycles. The first-order valence-corrected chi connectivity index (χ1v) is 8.55. The van der Waals surface area contributed by atoms with Gasteiger partial charge >= 0.3 is 0 Å². The first kappa shape index (κ1) is 14.5. The molecule has 1 aromatic heterocycles. The number of benzene rings is 1. The molecule has 1 N–H and O–H groups in total. The van der Waals surface area contributed by atoms with Crippen LogP contribution in [0.25, 0.3) is 16.5 Å². The Morgan fingerprint density at radius 2 is 2.13 bits per heavy atom. The van der Waals surface area contributed by atoms with E-state index in [4.69, 9.17) is 0 Å². The molecule has 1 aromatic carbocycles. The van der Waals surface area contributed by atoms with Crippen LogP contribution in [0.1, 0.15) is 19.4 Å². The Labute approximate surface area is 136 Å². The van der Waals surface area contributed by atoms with Gasteiger partial charge in [0.1, 0.15) is 0 Å². The fraction of sp³-hybridized carbons (Fsp3) is 0.421. The van der Waals surface area contributed by atoms with Gasteiger partial charge in [0.15, 0.2) is 0 Å². The molecule has 1 amide bonds. The third-order valence-corrected chi connectivity index (χ3v) is 5.21. The second kappa shape index (κ2) is 5.53. The molecule has 4 heteroatoms. The number of nitrogens with one attached hydrogen (secondary N) is 1. The van der Waals surface area contributed by atoms with Crippen LogP contribution in [0.15, 0.2) is 36.5 Å². The van der Waals surface area contributed by atoms with Crippen LogP contribution in [0.4, 0.5) is 0 Å². The molecular weight excluding hydrogens is 286 g/mol. The average molecular weight is 309 g/mol. The minimum atomic E-state index is -0.0575. The van der Waals surface area contributed by atoms with Crippen molar-refractivity contribution in [1.29, 1.82) is 0 Å². The molecule has 0 spiro atoms. The van der Waals surface area contributed by atoms with Gasteiger partial charge in [-0.15, -0.1) is 0 Å². The third-order valence-electron chi connectivity index (χ3n) is 5.21. The molecule has 120 valence electrons. The summed E-state index contributed by atoms with van der Waals surface area (Å²) in [6, 6.07) is 8.94. The predicted molar refractivity (Wildman–Crippen MR) is 93.1 cm³/mol. The number of aromatic nitrogens is 1. The van der Waals surface area contributed by atoms with Gasteiger partial charge in [0.2, 0.25) is 5.91 Å². The van der Waals surface area contributed by atoms with Crippen LogP contribution in [0.2, 0.25) is 0 Å². The van der Waals surface area contributed by atoms with Crippen molar-refractivity contribution in [2.24, 2.45) is 5.92 Å². The molecule has 0 aliphatic carbocycles. The van der Waals surface area contributed by atoms with E-state index in [0.29, 0.717) is 6.04 Å². The second-order valence-electron chi connectivity index (χ2n) is 6.41. The van der Waals surface area contributed by atoms with Gasteiger partial charge in [-0.3, -0.25) is 4.79 Å². The number of hydrogen-bond acceptors (Lipinski definition) is 2. The molecule has 0 bridgehead atoms. The van der Waals surface area contributed by atoms with Gasteiger partial charge in [-0.25, -0.2) is 0 Å². The first-order chi connectivity index (χ1) is 11.2. The normalized spacial score (nSPS) is 22.6. The fourth-order valence-corrected chi connectivity index (χ4v) is 3.98. The lowest BCUT2D eigenvalue weighted by Crippen LogP contribution is -2.47. The lowest BCUT2D eigenvalue weighted by Gasteiger charge is -2.35. The van der Waals surface area contributed by atoms with E-state index in [2.05, 4.69) is 46.4 Å². The highest BCUT2D eigenvalue weighted by Gasteiger charge is 2.32. The number of rotatable bonds is 3. The maximum atomic E-state index is 12.7. The Hall–Kier alpha value is -2.07. The Morgan fingerprint density at radius 1 is 1.30 bits per heavy atom. The van der Waals surface area contributed by atoms with E-state index in [9.17, 15) is 4.79 Å². The lowest BCUT2D eigenvalue weighted by molar-refractivity contribution is -0.133. The molecule has 0 fully saturated rings. The number of amides is 1. The van der Waals surface area contributed by atoms with Crippen molar-refractivity contribution in [3.63, 3.8) is 0 Å². The Kier molecular flexibility index (Phi) is 3.49. The van der Waals surface area contributed by atoms with E-state index >= 15 is 0 Å². The van der Waals surface area contributed by atoms with Crippen LogP contribution in [0.5, 0.6) is 0 Å². The maximum absolute atomic E-state index is 12.7. The van der Waals surface area contributed by atoms with Gasteiger partial charge in [-0.2, -0.15) is 0 Å². The minimum Gasteiger partial charge on any atom is -0.345 e. The summed E-state index contributed by atoms with van der Waals surface area (Å²) in [5.41, 5.74) is 3.86. The van der Waals surface area contributed by atoms with Gasteiger partial charge in [0.05, 0.1) is 17.5 Å². The zero-order chi connectivity index (χ0) is 16.0. The van der Waals surface area contributed by atoms with Crippen molar-refractivity contribution in [3.05, 3.63) is 42.1 Å². The number of carbonyl (C=O) groups excluding carboxylic acids is 1. The summed E-state index contributed by atoms with van der Waals surface area (Å²) >= 11 is 0. The van der Waals surface area contributed by atoms with E-state index in [1.165, 1.54) is 22.0 Å². The summed E-state index contributed by atoms with van der Waals surface area (Å²) in [4.78, 5) is 14.6. The molecule has 2 aromatic rings. The monoisotopic (exact) mass is 309 g/mol. The van der Waals surface area contributed by atoms with E-state index in [1.54, 1.807) is 0 Å². The van der Waals surface area contributed by atoms with Gasteiger partial charge in [-0.05, 0) is 25.5 Å². The Bertz CT molecular complexity index is 785. The fourth-order valence-electron chi connectivity index (χ4n) is 3.98. The molecule has 2 aliphatic rings. The van der Waals surface area contributed by atoms with Crippen molar-refractivity contribution in [2.75, 3.05) is 19.6 Å². The molecule has 3 heterocycles. The summed E-state index contributed by atoms with van der Waals surface area (Å²) in [6.45, 7) is 7.31. The van der Waals surface area contributed by atoms with Crippen molar-refractivity contribution in [3.8, 4) is 0 Å². The molecule has 23 heavy (non-hydrogen) atoms. The Balaban J connectivity index is 1.76. The van der Waals surface area contributed by atoms with Crippen LogP contribution in [0.3, 0.4) is 0 Å².